The highest BCUT2D eigenvalue weighted by Gasteiger charge is 2.13. The molecule has 0 aliphatic heterocycles. The van der Waals surface area contributed by atoms with Crippen molar-refractivity contribution in [3.05, 3.63) is 33.9 Å². The van der Waals surface area contributed by atoms with Crippen molar-refractivity contribution in [2.45, 2.75) is 13.3 Å². The third kappa shape index (κ3) is 2.22. The van der Waals surface area contributed by atoms with E-state index in [0.717, 1.165) is 13.0 Å². The Labute approximate surface area is 115 Å². The molecule has 0 saturated heterocycles. The summed E-state index contributed by atoms with van der Waals surface area (Å²) in [5.74, 6) is 0. The molecule has 18 heavy (non-hydrogen) atoms. The van der Waals surface area contributed by atoms with Crippen LogP contribution in [0.1, 0.15) is 18.9 Å². The largest absolute Gasteiger partial charge is 0.383 e. The Morgan fingerprint density at radius 1 is 1.33 bits per heavy atom. The Morgan fingerprint density at radius 2 is 2.06 bits per heavy atom. The van der Waals surface area contributed by atoms with Crippen molar-refractivity contribution in [3.63, 3.8) is 0 Å². The first-order chi connectivity index (χ1) is 8.69. The Hall–Kier alpha value is -1.50. The molecule has 3 nitrogen and oxygen atoms in total. The van der Waals surface area contributed by atoms with Crippen LogP contribution in [0.4, 0.5) is 5.69 Å². The first kappa shape index (κ1) is 12.9. The van der Waals surface area contributed by atoms with Crippen LogP contribution in [0.3, 0.4) is 0 Å². The van der Waals surface area contributed by atoms with E-state index < -0.39 is 0 Å². The molecule has 1 N–H and O–H groups in total. The van der Waals surface area contributed by atoms with Gasteiger partial charge in [0.15, 0.2) is 0 Å². The fourth-order valence-electron chi connectivity index (χ4n) is 1.75. The zero-order valence-electron chi connectivity index (χ0n) is 9.80. The van der Waals surface area contributed by atoms with Crippen molar-refractivity contribution in [2.75, 3.05) is 11.9 Å². The second-order valence-electron chi connectivity index (χ2n) is 3.84. The van der Waals surface area contributed by atoms with Gasteiger partial charge in [-0.05, 0) is 18.6 Å². The van der Waals surface area contributed by atoms with Crippen LogP contribution in [0.2, 0.25) is 10.0 Å². The summed E-state index contributed by atoms with van der Waals surface area (Å²) >= 11 is 12.3. The van der Waals surface area contributed by atoms with E-state index in [-0.39, 0.29) is 0 Å². The molecule has 0 amide bonds. The molecule has 1 aromatic heterocycles. The molecule has 92 valence electrons. The smallest absolute Gasteiger partial charge is 0.103 e. The average molecular weight is 280 g/mol. The standard InChI is InChI=1S/C13H11Cl2N3/c1-2-5-17-12-8(6-16)7-18-13-10(15)4-3-9(14)11(12)13/h3-4,7H,2,5H2,1H3,(H,17,18). The van der Waals surface area contributed by atoms with Crippen molar-refractivity contribution in [2.24, 2.45) is 0 Å². The number of nitriles is 1. The van der Waals surface area contributed by atoms with Gasteiger partial charge in [0.2, 0.25) is 0 Å². The number of halogens is 2. The van der Waals surface area contributed by atoms with Gasteiger partial charge in [0.1, 0.15) is 6.07 Å². The number of hydrogen-bond donors (Lipinski definition) is 1. The van der Waals surface area contributed by atoms with Crippen LogP contribution in [-0.2, 0) is 0 Å². The van der Waals surface area contributed by atoms with E-state index >= 15 is 0 Å². The third-order valence-electron chi connectivity index (χ3n) is 2.59. The molecule has 0 aliphatic carbocycles. The zero-order chi connectivity index (χ0) is 13.1. The van der Waals surface area contributed by atoms with E-state index in [1.807, 2.05) is 0 Å². The Morgan fingerprint density at radius 3 is 2.72 bits per heavy atom. The van der Waals surface area contributed by atoms with E-state index in [9.17, 15) is 0 Å². The van der Waals surface area contributed by atoms with Crippen molar-refractivity contribution in [1.29, 1.82) is 5.26 Å². The van der Waals surface area contributed by atoms with Gasteiger partial charge >= 0.3 is 0 Å². The minimum absolute atomic E-state index is 0.472. The summed E-state index contributed by atoms with van der Waals surface area (Å²) in [5, 5.41) is 14.1. The number of anilines is 1. The summed E-state index contributed by atoms with van der Waals surface area (Å²) < 4.78 is 0. The zero-order valence-corrected chi connectivity index (χ0v) is 11.3. The Balaban J connectivity index is 2.76. The topological polar surface area (TPSA) is 48.7 Å². The SMILES string of the molecule is CCCNc1c(C#N)cnc2c(Cl)ccc(Cl)c12. The molecular formula is C13H11Cl2N3. The van der Waals surface area contributed by atoms with Crippen LogP contribution in [0.5, 0.6) is 0 Å². The number of nitrogens with zero attached hydrogens (tertiary/aromatic N) is 2. The summed E-state index contributed by atoms with van der Waals surface area (Å²) in [6, 6.07) is 5.53. The molecule has 2 aromatic rings. The number of rotatable bonds is 3. The number of nitrogens with one attached hydrogen (secondary N) is 1. The molecule has 1 heterocycles. The number of hydrogen-bond acceptors (Lipinski definition) is 3. The van der Waals surface area contributed by atoms with E-state index in [0.29, 0.717) is 32.2 Å². The molecule has 0 atom stereocenters. The van der Waals surface area contributed by atoms with Crippen molar-refractivity contribution < 1.29 is 0 Å². The van der Waals surface area contributed by atoms with Gasteiger partial charge in [-0.25, -0.2) is 0 Å². The maximum absolute atomic E-state index is 9.13. The summed E-state index contributed by atoms with van der Waals surface area (Å²) in [6.07, 6.45) is 2.47. The lowest BCUT2D eigenvalue weighted by Gasteiger charge is -2.12. The predicted molar refractivity (Wildman–Crippen MR) is 75.3 cm³/mol. The van der Waals surface area contributed by atoms with Crippen molar-refractivity contribution >= 4 is 39.8 Å². The molecule has 0 unspecified atom stereocenters. The quantitative estimate of drug-likeness (QED) is 0.915. The fourth-order valence-corrected chi connectivity index (χ4v) is 2.21. The number of fused-ring (bicyclic) bond motifs is 1. The van der Waals surface area contributed by atoms with Crippen LogP contribution >= 0.6 is 23.2 Å². The molecule has 1 aromatic carbocycles. The number of benzene rings is 1. The maximum atomic E-state index is 9.13. The maximum Gasteiger partial charge on any atom is 0.103 e. The van der Waals surface area contributed by atoms with E-state index in [1.165, 1.54) is 6.20 Å². The third-order valence-corrected chi connectivity index (χ3v) is 3.21. The monoisotopic (exact) mass is 279 g/mol. The average Bonchev–Trinajstić information content (AvgIpc) is 2.39. The van der Waals surface area contributed by atoms with Gasteiger partial charge in [0.25, 0.3) is 0 Å². The number of pyridine rings is 1. The minimum atomic E-state index is 0.472. The van der Waals surface area contributed by atoms with Gasteiger partial charge in [0, 0.05) is 18.1 Å². The number of aromatic nitrogens is 1. The normalized spacial score (nSPS) is 10.3. The van der Waals surface area contributed by atoms with E-state index in [2.05, 4.69) is 23.3 Å². The highest BCUT2D eigenvalue weighted by atomic mass is 35.5. The van der Waals surface area contributed by atoms with Gasteiger partial charge in [-0.2, -0.15) is 5.26 Å². The molecule has 0 bridgehead atoms. The van der Waals surface area contributed by atoms with Gasteiger partial charge in [0.05, 0.1) is 26.8 Å². The Bertz CT molecular complexity index is 632. The lowest BCUT2D eigenvalue weighted by atomic mass is 10.1. The first-order valence-electron chi connectivity index (χ1n) is 5.59. The summed E-state index contributed by atoms with van der Waals surface area (Å²) in [7, 11) is 0. The summed E-state index contributed by atoms with van der Waals surface area (Å²) in [5.41, 5.74) is 1.79. The molecule has 0 saturated carbocycles. The van der Waals surface area contributed by atoms with Crippen LogP contribution in [0.25, 0.3) is 10.9 Å². The van der Waals surface area contributed by atoms with Crippen molar-refractivity contribution in [3.8, 4) is 6.07 Å². The van der Waals surface area contributed by atoms with Gasteiger partial charge in [-0.3, -0.25) is 4.98 Å². The molecule has 2 rings (SSSR count). The second-order valence-corrected chi connectivity index (χ2v) is 4.65. The lowest BCUT2D eigenvalue weighted by molar-refractivity contribution is 0.980. The minimum Gasteiger partial charge on any atom is -0.383 e. The van der Waals surface area contributed by atoms with E-state index in [1.54, 1.807) is 12.1 Å². The lowest BCUT2D eigenvalue weighted by Crippen LogP contribution is -2.03. The fraction of sp³-hybridized carbons (Fsp3) is 0.231. The second kappa shape index (κ2) is 5.43. The van der Waals surface area contributed by atoms with Gasteiger partial charge < -0.3 is 5.32 Å². The summed E-state index contributed by atoms with van der Waals surface area (Å²) in [4.78, 5) is 4.20. The molecule has 0 aliphatic rings. The van der Waals surface area contributed by atoms with Crippen LogP contribution in [0.15, 0.2) is 18.3 Å². The first-order valence-corrected chi connectivity index (χ1v) is 6.35. The molecule has 0 radical (unpaired) electrons. The molecule has 0 spiro atoms. The molecular weight excluding hydrogens is 269 g/mol. The Kier molecular flexibility index (Phi) is 3.90. The van der Waals surface area contributed by atoms with E-state index in [4.69, 9.17) is 28.5 Å². The van der Waals surface area contributed by atoms with Crippen LogP contribution in [-0.4, -0.2) is 11.5 Å². The highest BCUT2D eigenvalue weighted by Crippen LogP contribution is 2.35. The van der Waals surface area contributed by atoms with Crippen LogP contribution in [0, 0.1) is 11.3 Å². The van der Waals surface area contributed by atoms with Crippen LogP contribution < -0.4 is 5.32 Å². The molecule has 0 fully saturated rings. The molecule has 5 heteroatoms. The summed E-state index contributed by atoms with van der Waals surface area (Å²) in [6.45, 7) is 2.81. The van der Waals surface area contributed by atoms with Crippen molar-refractivity contribution in [1.82, 2.24) is 4.98 Å². The highest BCUT2D eigenvalue weighted by molar-refractivity contribution is 6.41. The van der Waals surface area contributed by atoms with Gasteiger partial charge in [-0.1, -0.05) is 30.1 Å². The predicted octanol–water partition coefficient (Wildman–Crippen LogP) is 4.24. The van der Waals surface area contributed by atoms with Gasteiger partial charge in [-0.15, -0.1) is 0 Å².